The molecule has 0 aliphatic carbocycles. The second-order valence-corrected chi connectivity index (χ2v) is 3.39. The van der Waals surface area contributed by atoms with Crippen LogP contribution >= 0.6 is 0 Å². The van der Waals surface area contributed by atoms with Crippen LogP contribution in [-0.4, -0.2) is 26.5 Å². The molecule has 0 fully saturated rings. The second kappa shape index (κ2) is 3.35. The first-order valence-corrected chi connectivity index (χ1v) is 4.54. The molecule has 0 amide bonds. The van der Waals surface area contributed by atoms with E-state index >= 15 is 0 Å². The van der Waals surface area contributed by atoms with E-state index in [0.717, 1.165) is 0 Å². The van der Waals surface area contributed by atoms with Crippen molar-refractivity contribution in [3.63, 3.8) is 0 Å². The Morgan fingerprint density at radius 1 is 1.33 bits per heavy atom. The van der Waals surface area contributed by atoms with E-state index in [4.69, 9.17) is 5.73 Å². The quantitative estimate of drug-likeness (QED) is 0.507. The summed E-state index contributed by atoms with van der Waals surface area (Å²) in [6.07, 6.45) is 0. The van der Waals surface area contributed by atoms with E-state index in [1.54, 1.807) is 0 Å². The van der Waals surface area contributed by atoms with E-state index in [-0.39, 0.29) is 17.1 Å². The van der Waals surface area contributed by atoms with E-state index in [1.165, 1.54) is 0 Å². The van der Waals surface area contributed by atoms with Gasteiger partial charge < -0.3 is 10.7 Å². The number of rotatable bonds is 2. The molecule has 1 atom stereocenters. The number of nitrogens with zero attached hydrogens (tertiary/aromatic N) is 1. The van der Waals surface area contributed by atoms with Crippen molar-refractivity contribution in [3.05, 3.63) is 26.7 Å². The Kier molecular flexibility index (Phi) is 2.16. The zero-order valence-corrected chi connectivity index (χ0v) is 8.13. The predicted octanol–water partition coefficient (Wildman–Crippen LogP) is -0.998. The molecule has 2 heterocycles. The third-order valence-corrected chi connectivity index (χ3v) is 2.23. The third-order valence-electron chi connectivity index (χ3n) is 2.23. The number of nitrogens with one attached hydrogen (secondary N) is 3. The lowest BCUT2D eigenvalue weighted by Gasteiger charge is -2.01. The summed E-state index contributed by atoms with van der Waals surface area (Å²) in [6.45, 7) is 2.30. The highest BCUT2D eigenvalue weighted by atomic mass is 16.2. The van der Waals surface area contributed by atoms with Crippen LogP contribution in [0.5, 0.6) is 0 Å². The van der Waals surface area contributed by atoms with Crippen molar-refractivity contribution in [2.75, 3.05) is 6.54 Å². The average Bonchev–Trinajstić information content (AvgIpc) is 2.60. The highest BCUT2D eigenvalue weighted by Crippen LogP contribution is 2.11. The normalized spacial score (nSPS) is 13.2. The van der Waals surface area contributed by atoms with Gasteiger partial charge in [-0.25, -0.2) is 9.78 Å². The summed E-state index contributed by atoms with van der Waals surface area (Å²) in [4.78, 5) is 33.8. The lowest BCUT2D eigenvalue weighted by Crippen LogP contribution is -2.21. The molecule has 0 bridgehead atoms. The zero-order chi connectivity index (χ0) is 11.0. The summed E-state index contributed by atoms with van der Waals surface area (Å²) in [7, 11) is 0. The first-order valence-electron chi connectivity index (χ1n) is 4.54. The minimum atomic E-state index is -0.564. The standard InChI is InChI=1S/C8H11N5O2/c1-3(2-9)5-10-4-6(11-5)12-8(15)13-7(4)14/h3H,2,9H2,1H3,(H3,10,11,12,13,14,15). The van der Waals surface area contributed by atoms with E-state index in [0.29, 0.717) is 12.4 Å². The van der Waals surface area contributed by atoms with Crippen LogP contribution < -0.4 is 17.0 Å². The van der Waals surface area contributed by atoms with Crippen LogP contribution in [-0.2, 0) is 0 Å². The fraction of sp³-hybridized carbons (Fsp3) is 0.375. The van der Waals surface area contributed by atoms with Gasteiger partial charge in [0.1, 0.15) is 11.3 Å². The van der Waals surface area contributed by atoms with Crippen molar-refractivity contribution >= 4 is 11.2 Å². The van der Waals surface area contributed by atoms with Crippen LogP contribution in [0.25, 0.3) is 11.2 Å². The molecule has 0 saturated heterocycles. The second-order valence-electron chi connectivity index (χ2n) is 3.39. The van der Waals surface area contributed by atoms with Crippen LogP contribution in [0.15, 0.2) is 9.59 Å². The molecule has 0 saturated carbocycles. The fourth-order valence-electron chi connectivity index (χ4n) is 1.30. The topological polar surface area (TPSA) is 120 Å². The van der Waals surface area contributed by atoms with Crippen molar-refractivity contribution in [1.29, 1.82) is 0 Å². The molecule has 0 radical (unpaired) electrons. The molecule has 1 unspecified atom stereocenters. The van der Waals surface area contributed by atoms with Crippen LogP contribution in [0, 0.1) is 0 Å². The smallest absolute Gasteiger partial charge is 0.327 e. The van der Waals surface area contributed by atoms with E-state index < -0.39 is 11.2 Å². The number of aromatic amines is 3. The van der Waals surface area contributed by atoms with Gasteiger partial charge in [-0.2, -0.15) is 0 Å². The number of H-pyrrole nitrogens is 3. The zero-order valence-electron chi connectivity index (χ0n) is 8.13. The van der Waals surface area contributed by atoms with Crippen molar-refractivity contribution < 1.29 is 0 Å². The Bertz CT molecular complexity index is 593. The molecule has 7 heteroatoms. The van der Waals surface area contributed by atoms with Gasteiger partial charge in [-0.15, -0.1) is 0 Å². The highest BCUT2D eigenvalue weighted by Gasteiger charge is 2.11. The highest BCUT2D eigenvalue weighted by molar-refractivity contribution is 5.68. The number of hydrogen-bond donors (Lipinski definition) is 4. The number of aromatic nitrogens is 4. The monoisotopic (exact) mass is 209 g/mol. The average molecular weight is 209 g/mol. The largest absolute Gasteiger partial charge is 0.336 e. The van der Waals surface area contributed by atoms with Crippen molar-refractivity contribution in [3.8, 4) is 0 Å². The fourth-order valence-corrected chi connectivity index (χ4v) is 1.30. The molecule has 80 valence electrons. The summed E-state index contributed by atoms with van der Waals surface area (Å²) in [5.74, 6) is 0.611. The summed E-state index contributed by atoms with van der Waals surface area (Å²) in [5, 5.41) is 0. The molecule has 2 rings (SSSR count). The van der Waals surface area contributed by atoms with E-state index in [2.05, 4.69) is 19.9 Å². The lowest BCUT2D eigenvalue weighted by molar-refractivity contribution is 0.727. The minimum Gasteiger partial charge on any atom is -0.336 e. The van der Waals surface area contributed by atoms with Crippen LogP contribution in [0.1, 0.15) is 18.7 Å². The number of nitrogens with two attached hydrogens (primary N) is 1. The number of imidazole rings is 1. The third kappa shape index (κ3) is 1.57. The Hall–Kier alpha value is -1.89. The molecular formula is C8H11N5O2. The van der Waals surface area contributed by atoms with Crippen LogP contribution in [0.4, 0.5) is 0 Å². The Morgan fingerprint density at radius 2 is 2.07 bits per heavy atom. The van der Waals surface area contributed by atoms with Gasteiger partial charge in [0.15, 0.2) is 5.65 Å². The van der Waals surface area contributed by atoms with Gasteiger partial charge in [-0.1, -0.05) is 6.92 Å². The maximum Gasteiger partial charge on any atom is 0.327 e. The molecule has 15 heavy (non-hydrogen) atoms. The van der Waals surface area contributed by atoms with Gasteiger partial charge >= 0.3 is 5.69 Å². The molecule has 2 aromatic heterocycles. The van der Waals surface area contributed by atoms with Gasteiger partial charge in [0.2, 0.25) is 0 Å². The Balaban J connectivity index is 2.71. The van der Waals surface area contributed by atoms with Crippen LogP contribution in [0.3, 0.4) is 0 Å². The van der Waals surface area contributed by atoms with Crippen molar-refractivity contribution in [2.45, 2.75) is 12.8 Å². The Labute approximate surface area is 83.7 Å². The molecular weight excluding hydrogens is 198 g/mol. The summed E-state index contributed by atoms with van der Waals surface area (Å²) in [6, 6.07) is 0. The van der Waals surface area contributed by atoms with Gasteiger partial charge in [0, 0.05) is 12.5 Å². The summed E-state index contributed by atoms with van der Waals surface area (Å²) >= 11 is 0. The van der Waals surface area contributed by atoms with Gasteiger partial charge in [0.05, 0.1) is 0 Å². The van der Waals surface area contributed by atoms with E-state index in [1.807, 2.05) is 6.92 Å². The molecule has 7 nitrogen and oxygen atoms in total. The lowest BCUT2D eigenvalue weighted by atomic mass is 10.2. The Morgan fingerprint density at radius 3 is 2.73 bits per heavy atom. The van der Waals surface area contributed by atoms with Crippen molar-refractivity contribution in [1.82, 2.24) is 19.9 Å². The van der Waals surface area contributed by atoms with Gasteiger partial charge in [-0.05, 0) is 0 Å². The minimum absolute atomic E-state index is 0.0142. The maximum atomic E-state index is 11.3. The first kappa shape index (κ1) is 9.66. The SMILES string of the molecule is CC(CN)c1nc2[nH]c(=O)[nH]c(=O)c2[nH]1. The molecule has 0 aliphatic heterocycles. The molecule has 0 aliphatic rings. The number of hydrogen-bond acceptors (Lipinski definition) is 4. The summed E-state index contributed by atoms with van der Waals surface area (Å²) < 4.78 is 0. The predicted molar refractivity (Wildman–Crippen MR) is 54.8 cm³/mol. The number of fused-ring (bicyclic) bond motifs is 1. The summed E-state index contributed by atoms with van der Waals surface area (Å²) in [5.41, 5.74) is 4.97. The van der Waals surface area contributed by atoms with Crippen LogP contribution in [0.2, 0.25) is 0 Å². The molecule has 2 aromatic rings. The van der Waals surface area contributed by atoms with Gasteiger partial charge in [0.25, 0.3) is 5.56 Å². The maximum absolute atomic E-state index is 11.3. The molecule has 5 N–H and O–H groups in total. The van der Waals surface area contributed by atoms with Crippen molar-refractivity contribution in [2.24, 2.45) is 5.73 Å². The molecule has 0 aromatic carbocycles. The molecule has 0 spiro atoms. The first-order chi connectivity index (χ1) is 7.11. The van der Waals surface area contributed by atoms with Gasteiger partial charge in [-0.3, -0.25) is 14.8 Å². The van der Waals surface area contributed by atoms with E-state index in [9.17, 15) is 9.59 Å².